The van der Waals surface area contributed by atoms with E-state index in [-0.39, 0.29) is 5.91 Å². The summed E-state index contributed by atoms with van der Waals surface area (Å²) in [6.07, 6.45) is 0. The summed E-state index contributed by atoms with van der Waals surface area (Å²) < 4.78 is 1.64. The molecule has 1 N–H and O–H groups in total. The van der Waals surface area contributed by atoms with Crippen molar-refractivity contribution >= 4 is 11.7 Å². The van der Waals surface area contributed by atoms with Gasteiger partial charge in [-0.25, -0.2) is 4.98 Å². The average molecular weight is 254 g/mol. The Morgan fingerprint density at radius 1 is 1.32 bits per heavy atom. The number of hydrogen-bond acceptors (Lipinski definition) is 3. The molecule has 96 valence electrons. The Kier molecular flexibility index (Phi) is 3.34. The molecule has 2 aromatic rings. The maximum atomic E-state index is 12.0. The largest absolute Gasteiger partial charge is 0.321 e. The number of carbonyl (C=O) groups excluding carboxylic acids is 1. The number of aryl methyl sites for hydroxylation is 2. The van der Waals surface area contributed by atoms with Gasteiger partial charge in [-0.2, -0.15) is 5.26 Å². The first-order valence-electron chi connectivity index (χ1n) is 5.84. The number of nitrogens with one attached hydrogen (secondary N) is 1. The highest BCUT2D eigenvalue weighted by molar-refractivity contribution is 6.04. The van der Waals surface area contributed by atoms with E-state index >= 15 is 0 Å². The summed E-state index contributed by atoms with van der Waals surface area (Å²) in [6, 6.07) is 9.25. The van der Waals surface area contributed by atoms with Crippen molar-refractivity contribution in [2.75, 3.05) is 5.32 Å². The van der Waals surface area contributed by atoms with Crippen molar-refractivity contribution in [3.05, 3.63) is 46.9 Å². The summed E-state index contributed by atoms with van der Waals surface area (Å²) in [4.78, 5) is 16.2. The van der Waals surface area contributed by atoms with Crippen molar-refractivity contribution in [2.24, 2.45) is 7.05 Å². The zero-order valence-corrected chi connectivity index (χ0v) is 11.1. The molecule has 0 unspecified atom stereocenters. The van der Waals surface area contributed by atoms with E-state index in [1.54, 1.807) is 30.7 Å². The lowest BCUT2D eigenvalue weighted by molar-refractivity contribution is 0.102. The van der Waals surface area contributed by atoms with E-state index in [4.69, 9.17) is 5.26 Å². The van der Waals surface area contributed by atoms with Gasteiger partial charge in [-0.3, -0.25) is 4.79 Å². The van der Waals surface area contributed by atoms with Crippen molar-refractivity contribution in [2.45, 2.75) is 13.8 Å². The van der Waals surface area contributed by atoms with Crippen LogP contribution in [0.3, 0.4) is 0 Å². The van der Waals surface area contributed by atoms with Gasteiger partial charge in [-0.05, 0) is 26.0 Å². The third-order valence-corrected chi connectivity index (χ3v) is 2.97. The van der Waals surface area contributed by atoms with Crippen LogP contribution < -0.4 is 5.32 Å². The Hall–Kier alpha value is -2.61. The Morgan fingerprint density at radius 2 is 1.95 bits per heavy atom. The van der Waals surface area contributed by atoms with Gasteiger partial charge in [0.05, 0.1) is 0 Å². The molecule has 19 heavy (non-hydrogen) atoms. The van der Waals surface area contributed by atoms with Crippen LogP contribution in [0.2, 0.25) is 0 Å². The number of rotatable bonds is 2. The standard InChI is InChI=1S/C14H14N4O/c1-9-4-6-11(7-5-9)14(19)17-13-12(8-15)18(3)10(2)16-13/h4-7H,1-3H3,(H,17,19). The number of benzene rings is 1. The van der Waals surface area contributed by atoms with Gasteiger partial charge in [-0.15, -0.1) is 0 Å². The van der Waals surface area contributed by atoms with Crippen LogP contribution in [0.15, 0.2) is 24.3 Å². The van der Waals surface area contributed by atoms with Gasteiger partial charge in [0.15, 0.2) is 11.5 Å². The van der Waals surface area contributed by atoms with Gasteiger partial charge in [-0.1, -0.05) is 17.7 Å². The lowest BCUT2D eigenvalue weighted by atomic mass is 10.1. The molecule has 0 fully saturated rings. The molecule has 0 aliphatic carbocycles. The zero-order chi connectivity index (χ0) is 14.0. The Bertz CT molecular complexity index is 662. The van der Waals surface area contributed by atoms with Crippen LogP contribution in [0.4, 0.5) is 5.82 Å². The van der Waals surface area contributed by atoms with Crippen LogP contribution in [0.25, 0.3) is 0 Å². The molecule has 0 bridgehead atoms. The predicted octanol–water partition coefficient (Wildman–Crippen LogP) is 2.16. The monoisotopic (exact) mass is 254 g/mol. The van der Waals surface area contributed by atoms with E-state index in [0.29, 0.717) is 22.9 Å². The molecule has 0 radical (unpaired) electrons. The second-order valence-electron chi connectivity index (χ2n) is 4.35. The molecule has 0 aliphatic heterocycles. The van der Waals surface area contributed by atoms with Gasteiger partial charge in [0.25, 0.3) is 5.91 Å². The molecular weight excluding hydrogens is 240 g/mol. The number of anilines is 1. The average Bonchev–Trinajstić information content (AvgIpc) is 2.65. The number of nitriles is 1. The minimum absolute atomic E-state index is 0.269. The summed E-state index contributed by atoms with van der Waals surface area (Å²) >= 11 is 0. The van der Waals surface area contributed by atoms with Crippen LogP contribution in [-0.2, 0) is 7.05 Å². The van der Waals surface area contributed by atoms with Crippen LogP contribution in [0.1, 0.15) is 27.4 Å². The number of carbonyl (C=O) groups is 1. The number of imidazole rings is 1. The lowest BCUT2D eigenvalue weighted by Crippen LogP contribution is -2.13. The SMILES string of the molecule is Cc1ccc(C(=O)Nc2nc(C)n(C)c2C#N)cc1. The van der Waals surface area contributed by atoms with Gasteiger partial charge in [0, 0.05) is 12.6 Å². The topological polar surface area (TPSA) is 70.7 Å². The van der Waals surface area contributed by atoms with Crippen LogP contribution in [0, 0.1) is 25.2 Å². The minimum atomic E-state index is -0.269. The van der Waals surface area contributed by atoms with Crippen molar-refractivity contribution in [1.82, 2.24) is 9.55 Å². The second-order valence-corrected chi connectivity index (χ2v) is 4.35. The van der Waals surface area contributed by atoms with Gasteiger partial charge < -0.3 is 9.88 Å². The smallest absolute Gasteiger partial charge is 0.256 e. The number of nitrogens with zero attached hydrogens (tertiary/aromatic N) is 3. The maximum absolute atomic E-state index is 12.0. The molecule has 0 saturated carbocycles. The minimum Gasteiger partial charge on any atom is -0.321 e. The van der Waals surface area contributed by atoms with Gasteiger partial charge in [0.1, 0.15) is 11.9 Å². The van der Waals surface area contributed by atoms with Gasteiger partial charge >= 0.3 is 0 Å². The molecular formula is C14H14N4O. The fourth-order valence-corrected chi connectivity index (χ4v) is 1.71. The molecule has 0 saturated heterocycles. The molecule has 1 aromatic heterocycles. The quantitative estimate of drug-likeness (QED) is 0.892. The van der Waals surface area contributed by atoms with E-state index < -0.39 is 0 Å². The number of amides is 1. The van der Waals surface area contributed by atoms with Gasteiger partial charge in [0.2, 0.25) is 0 Å². The Balaban J connectivity index is 2.27. The fraction of sp³-hybridized carbons (Fsp3) is 0.214. The molecule has 0 atom stereocenters. The number of hydrogen-bond donors (Lipinski definition) is 1. The third-order valence-electron chi connectivity index (χ3n) is 2.97. The highest BCUT2D eigenvalue weighted by atomic mass is 16.1. The van der Waals surface area contributed by atoms with Crippen LogP contribution in [0.5, 0.6) is 0 Å². The van der Waals surface area contributed by atoms with Crippen LogP contribution in [-0.4, -0.2) is 15.5 Å². The van der Waals surface area contributed by atoms with Crippen molar-refractivity contribution in [3.63, 3.8) is 0 Å². The summed E-state index contributed by atoms with van der Waals surface area (Å²) in [7, 11) is 1.74. The summed E-state index contributed by atoms with van der Waals surface area (Å²) in [5.74, 6) is 0.707. The van der Waals surface area contributed by atoms with E-state index in [1.807, 2.05) is 25.1 Å². The molecule has 2 rings (SSSR count). The Morgan fingerprint density at radius 3 is 2.53 bits per heavy atom. The molecule has 1 heterocycles. The van der Waals surface area contributed by atoms with Crippen molar-refractivity contribution in [3.8, 4) is 6.07 Å². The summed E-state index contributed by atoms with van der Waals surface area (Å²) in [6.45, 7) is 3.74. The van der Waals surface area contributed by atoms with Crippen LogP contribution >= 0.6 is 0 Å². The third kappa shape index (κ3) is 2.47. The summed E-state index contributed by atoms with van der Waals surface area (Å²) in [5, 5.41) is 11.7. The fourth-order valence-electron chi connectivity index (χ4n) is 1.71. The number of aromatic nitrogens is 2. The first-order valence-corrected chi connectivity index (χ1v) is 5.84. The second kappa shape index (κ2) is 4.94. The van der Waals surface area contributed by atoms with E-state index in [1.165, 1.54) is 0 Å². The van der Waals surface area contributed by atoms with E-state index in [2.05, 4.69) is 10.3 Å². The highest BCUT2D eigenvalue weighted by Crippen LogP contribution is 2.15. The lowest BCUT2D eigenvalue weighted by Gasteiger charge is -2.03. The first-order chi connectivity index (χ1) is 9.02. The molecule has 0 spiro atoms. The predicted molar refractivity (Wildman–Crippen MR) is 71.8 cm³/mol. The van der Waals surface area contributed by atoms with Crippen molar-refractivity contribution in [1.29, 1.82) is 5.26 Å². The Labute approximate surface area is 111 Å². The maximum Gasteiger partial charge on any atom is 0.256 e. The van der Waals surface area contributed by atoms with E-state index in [9.17, 15) is 4.79 Å². The molecule has 1 amide bonds. The van der Waals surface area contributed by atoms with Crippen molar-refractivity contribution < 1.29 is 4.79 Å². The normalized spacial score (nSPS) is 10.0. The molecule has 1 aromatic carbocycles. The molecule has 5 heteroatoms. The highest BCUT2D eigenvalue weighted by Gasteiger charge is 2.15. The molecule has 0 aliphatic rings. The first kappa shape index (κ1) is 12.8. The van der Waals surface area contributed by atoms with E-state index in [0.717, 1.165) is 5.56 Å². The zero-order valence-electron chi connectivity index (χ0n) is 11.1. The molecule has 5 nitrogen and oxygen atoms in total. The summed E-state index contributed by atoms with van der Waals surface area (Å²) in [5.41, 5.74) is 1.97.